The Bertz CT molecular complexity index is 1500. The van der Waals surface area contributed by atoms with E-state index in [1.54, 1.807) is 12.1 Å². The monoisotopic (exact) mass is 653 g/mol. The van der Waals surface area contributed by atoms with Gasteiger partial charge in [-0.25, -0.2) is 14.0 Å². The average Bonchev–Trinajstić information content (AvgIpc) is 3.02. The van der Waals surface area contributed by atoms with E-state index in [2.05, 4.69) is 10.6 Å². The third kappa shape index (κ3) is 8.98. The third-order valence-electron chi connectivity index (χ3n) is 7.63. The summed E-state index contributed by atoms with van der Waals surface area (Å²) in [6.07, 6.45) is -7.20. The minimum atomic E-state index is -5.11. The second-order valence-corrected chi connectivity index (χ2v) is 11.0. The minimum Gasteiger partial charge on any atom is -0.479 e. The van der Waals surface area contributed by atoms with E-state index in [9.17, 15) is 45.1 Å². The first kappa shape index (κ1) is 34.3. The normalized spacial score (nSPS) is 14.8. The largest absolute Gasteiger partial charge is 0.479 e. The molecule has 1 aliphatic rings. The molecule has 0 spiro atoms. The first-order chi connectivity index (χ1) is 21.6. The van der Waals surface area contributed by atoms with Crippen molar-refractivity contribution >= 4 is 29.3 Å². The Morgan fingerprint density at radius 3 is 1.91 bits per heavy atom. The molecule has 1 aliphatic carbocycles. The number of benzene rings is 3. The van der Waals surface area contributed by atoms with Crippen LogP contribution in [0.15, 0.2) is 66.7 Å². The predicted molar refractivity (Wildman–Crippen MR) is 155 cm³/mol. The van der Waals surface area contributed by atoms with Gasteiger partial charge in [-0.1, -0.05) is 43.5 Å². The van der Waals surface area contributed by atoms with Gasteiger partial charge in [-0.05, 0) is 72.4 Å². The lowest BCUT2D eigenvalue weighted by Gasteiger charge is -2.26. The molecule has 1 fully saturated rings. The fourth-order valence-electron chi connectivity index (χ4n) is 5.18. The van der Waals surface area contributed by atoms with Crippen LogP contribution in [0.3, 0.4) is 0 Å². The summed E-state index contributed by atoms with van der Waals surface area (Å²) in [5, 5.41) is 12.9. The van der Waals surface area contributed by atoms with Crippen LogP contribution < -0.4 is 15.5 Å². The van der Waals surface area contributed by atoms with Gasteiger partial charge in [-0.15, -0.1) is 0 Å². The Labute approximate surface area is 259 Å². The standard InChI is InChI=1S/C32H30F7N3O4/c33-27(29(44)45)17-40-28(43)22-8-6-19(7-9-22)18-42(26-12-10-21(11-13-26)20-4-2-1-3-5-20)30(46)41-25-15-23(31(34,35)36)14-24(16-25)32(37,38)39/h6-16,20,27H,1-5,17-18H2,(H,40,43)(H,41,46)(H,44,45). The molecule has 4 rings (SSSR count). The molecule has 0 bridgehead atoms. The number of amides is 3. The smallest absolute Gasteiger partial charge is 0.416 e. The molecule has 7 nitrogen and oxygen atoms in total. The summed E-state index contributed by atoms with van der Waals surface area (Å²) in [6, 6.07) is 12.3. The molecular formula is C32H30F7N3O4. The van der Waals surface area contributed by atoms with E-state index in [1.807, 2.05) is 12.1 Å². The quantitative estimate of drug-likeness (QED) is 0.203. The highest BCUT2D eigenvalue weighted by Crippen LogP contribution is 2.38. The highest BCUT2D eigenvalue weighted by atomic mass is 19.4. The predicted octanol–water partition coefficient (Wildman–Crippen LogP) is 8.16. The molecule has 1 atom stereocenters. The lowest BCUT2D eigenvalue weighted by Crippen LogP contribution is -2.35. The van der Waals surface area contributed by atoms with Crippen molar-refractivity contribution in [2.45, 2.75) is 63.1 Å². The first-order valence-corrected chi connectivity index (χ1v) is 14.3. The highest BCUT2D eigenvalue weighted by molar-refractivity contribution is 6.02. The maximum absolute atomic E-state index is 13.5. The summed E-state index contributed by atoms with van der Waals surface area (Å²) in [7, 11) is 0. The Hall–Kier alpha value is -4.62. The summed E-state index contributed by atoms with van der Waals surface area (Å²) >= 11 is 0. The van der Waals surface area contributed by atoms with E-state index in [1.165, 1.54) is 24.3 Å². The van der Waals surface area contributed by atoms with Crippen molar-refractivity contribution in [3.05, 3.63) is 94.5 Å². The number of carboxylic acid groups (broad SMARTS) is 1. The number of hydrogen-bond donors (Lipinski definition) is 3. The molecule has 46 heavy (non-hydrogen) atoms. The number of halogens is 7. The summed E-state index contributed by atoms with van der Waals surface area (Å²) < 4.78 is 93.9. The van der Waals surface area contributed by atoms with E-state index in [4.69, 9.17) is 5.11 Å². The van der Waals surface area contributed by atoms with Crippen LogP contribution in [0.2, 0.25) is 0 Å². The van der Waals surface area contributed by atoms with Gasteiger partial charge < -0.3 is 15.7 Å². The van der Waals surface area contributed by atoms with Gasteiger partial charge >= 0.3 is 24.4 Å². The van der Waals surface area contributed by atoms with Gasteiger partial charge in [0.1, 0.15) is 0 Å². The molecule has 0 radical (unpaired) electrons. The van der Waals surface area contributed by atoms with Crippen molar-refractivity contribution in [1.29, 1.82) is 0 Å². The van der Waals surface area contributed by atoms with Crippen molar-refractivity contribution in [2.75, 3.05) is 16.8 Å². The zero-order valence-electron chi connectivity index (χ0n) is 24.2. The van der Waals surface area contributed by atoms with Crippen LogP contribution in [0.4, 0.5) is 46.9 Å². The molecule has 1 unspecified atom stereocenters. The SMILES string of the molecule is O=C(NCC(F)C(=O)O)c1ccc(CN(C(=O)Nc2cc(C(F)(F)F)cc(C(F)(F)F)c2)c2ccc(C3CCCCC3)cc2)cc1. The Morgan fingerprint density at radius 2 is 1.39 bits per heavy atom. The zero-order valence-corrected chi connectivity index (χ0v) is 24.2. The number of nitrogens with one attached hydrogen (secondary N) is 2. The molecule has 3 N–H and O–H groups in total. The number of hydrogen-bond acceptors (Lipinski definition) is 3. The summed E-state index contributed by atoms with van der Waals surface area (Å²) in [4.78, 5) is 37.6. The van der Waals surface area contributed by atoms with Gasteiger partial charge in [-0.2, -0.15) is 26.3 Å². The molecule has 246 valence electrons. The molecule has 0 heterocycles. The number of carbonyl (C=O) groups excluding carboxylic acids is 2. The van der Waals surface area contributed by atoms with E-state index in [0.717, 1.165) is 42.6 Å². The van der Waals surface area contributed by atoms with Crippen molar-refractivity contribution < 1.29 is 50.2 Å². The fraction of sp³-hybridized carbons (Fsp3) is 0.344. The van der Waals surface area contributed by atoms with Crippen molar-refractivity contribution in [1.82, 2.24) is 5.32 Å². The average molecular weight is 654 g/mol. The van der Waals surface area contributed by atoms with Crippen LogP contribution in [-0.4, -0.2) is 35.7 Å². The Morgan fingerprint density at radius 1 is 0.826 bits per heavy atom. The number of alkyl halides is 7. The van der Waals surface area contributed by atoms with E-state index < -0.39 is 59.8 Å². The van der Waals surface area contributed by atoms with Crippen molar-refractivity contribution in [3.63, 3.8) is 0 Å². The Kier molecular flexibility index (Phi) is 10.6. The van der Waals surface area contributed by atoms with Gasteiger partial charge in [0, 0.05) is 16.9 Å². The lowest BCUT2D eigenvalue weighted by molar-refractivity contribution is -0.143. The number of aliphatic carboxylic acids is 1. The lowest BCUT2D eigenvalue weighted by atomic mass is 9.84. The number of carboxylic acids is 1. The number of carbonyl (C=O) groups is 3. The molecule has 0 aromatic heterocycles. The van der Waals surface area contributed by atoms with Gasteiger partial charge in [0.15, 0.2) is 0 Å². The molecule has 3 amide bonds. The summed E-state index contributed by atoms with van der Waals surface area (Å²) in [6.45, 7) is -0.959. The Balaban J connectivity index is 1.61. The maximum atomic E-state index is 13.5. The van der Waals surface area contributed by atoms with Crippen LogP contribution >= 0.6 is 0 Å². The number of rotatable bonds is 9. The summed E-state index contributed by atoms with van der Waals surface area (Å²) in [5.41, 5.74) is -2.05. The van der Waals surface area contributed by atoms with Crippen LogP contribution in [0, 0.1) is 0 Å². The number of nitrogens with zero attached hydrogens (tertiary/aromatic N) is 1. The molecule has 0 saturated heterocycles. The van der Waals surface area contributed by atoms with Gasteiger partial charge in [0.2, 0.25) is 6.17 Å². The number of urea groups is 1. The van der Waals surface area contributed by atoms with Gasteiger partial charge in [0.25, 0.3) is 5.91 Å². The summed E-state index contributed by atoms with van der Waals surface area (Å²) in [5.74, 6) is -2.16. The highest BCUT2D eigenvalue weighted by Gasteiger charge is 2.37. The zero-order chi connectivity index (χ0) is 33.6. The molecule has 0 aliphatic heterocycles. The van der Waals surface area contributed by atoms with Crippen molar-refractivity contribution in [2.24, 2.45) is 0 Å². The van der Waals surface area contributed by atoms with Gasteiger partial charge in [0.05, 0.1) is 24.2 Å². The van der Waals surface area contributed by atoms with Gasteiger partial charge in [-0.3, -0.25) is 9.69 Å². The van der Waals surface area contributed by atoms with Crippen molar-refractivity contribution in [3.8, 4) is 0 Å². The van der Waals surface area contributed by atoms with Crippen LogP contribution in [-0.2, 0) is 23.7 Å². The third-order valence-corrected chi connectivity index (χ3v) is 7.63. The second-order valence-electron chi connectivity index (χ2n) is 11.0. The number of anilines is 2. The van der Waals surface area contributed by atoms with E-state index >= 15 is 0 Å². The second kappa shape index (κ2) is 14.2. The van der Waals surface area contributed by atoms with Crippen LogP contribution in [0.25, 0.3) is 0 Å². The molecule has 3 aromatic carbocycles. The van der Waals surface area contributed by atoms with E-state index in [0.29, 0.717) is 29.3 Å². The van der Waals surface area contributed by atoms with Crippen LogP contribution in [0.1, 0.15) is 70.6 Å². The minimum absolute atomic E-state index is 0.0372. The fourth-order valence-corrected chi connectivity index (χ4v) is 5.18. The molecule has 3 aromatic rings. The molecule has 14 heteroatoms. The van der Waals surface area contributed by atoms with Crippen LogP contribution in [0.5, 0.6) is 0 Å². The molecule has 1 saturated carbocycles. The first-order valence-electron chi connectivity index (χ1n) is 14.3. The topological polar surface area (TPSA) is 98.7 Å². The maximum Gasteiger partial charge on any atom is 0.416 e. The molecular weight excluding hydrogens is 623 g/mol. The van der Waals surface area contributed by atoms with E-state index in [-0.39, 0.29) is 18.2 Å².